The van der Waals surface area contributed by atoms with E-state index in [1.807, 2.05) is 35.2 Å². The third kappa shape index (κ3) is 7.41. The molecule has 1 unspecified atom stereocenters. The van der Waals surface area contributed by atoms with Crippen molar-refractivity contribution in [1.29, 1.82) is 0 Å². The number of hydrogen-bond donors (Lipinski definition) is 1. The van der Waals surface area contributed by atoms with E-state index < -0.39 is 8.80 Å². The number of carbonyl (C=O) groups is 1. The number of rotatable bonds is 5. The lowest BCUT2D eigenvalue weighted by atomic mass is 9.97. The zero-order chi connectivity index (χ0) is 24.4. The third-order valence-corrected chi connectivity index (χ3v) is 9.63. The highest BCUT2D eigenvalue weighted by atomic mass is 28.3. The Bertz CT molecular complexity index is 947. The van der Waals surface area contributed by atoms with Gasteiger partial charge in [0.15, 0.2) is 0 Å². The molecule has 0 bridgehead atoms. The molecule has 1 saturated heterocycles. The van der Waals surface area contributed by atoms with Crippen molar-refractivity contribution >= 4 is 30.8 Å². The molecular weight excluding hydrogens is 434 g/mol. The van der Waals surface area contributed by atoms with Gasteiger partial charge in [-0.1, -0.05) is 110 Å². The molecule has 3 aromatic carbocycles. The van der Waals surface area contributed by atoms with Gasteiger partial charge in [-0.05, 0) is 42.4 Å². The zero-order valence-electron chi connectivity index (χ0n) is 20.8. The molecule has 4 heteroatoms. The minimum Gasteiger partial charge on any atom is -0.396 e. The second kappa shape index (κ2) is 12.7. The number of amides is 1. The molecule has 179 valence electrons. The van der Waals surface area contributed by atoms with Crippen molar-refractivity contribution in [1.82, 2.24) is 0 Å². The number of aliphatic hydroxyl groups is 1. The standard InChI is InChI=1S/C16H19Si.C14H19NO2/c1-16(2,3)17(14-10-6-4-7-11-14)15-12-8-5-9-13-15;16-11-9-12-6-7-14(17)15(10-8-12)13-4-2-1-3-5-13/h4-13H,1-3H3;1-5,12,16H,6-11H2. The van der Waals surface area contributed by atoms with Crippen molar-refractivity contribution in [2.45, 2.75) is 51.5 Å². The molecule has 4 rings (SSSR count). The summed E-state index contributed by atoms with van der Waals surface area (Å²) in [4.78, 5) is 13.9. The average Bonchev–Trinajstić information content (AvgIpc) is 3.02. The maximum Gasteiger partial charge on any atom is 0.226 e. The normalized spacial score (nSPS) is 16.6. The van der Waals surface area contributed by atoms with Crippen LogP contribution in [0.5, 0.6) is 0 Å². The molecule has 3 aromatic rings. The van der Waals surface area contributed by atoms with Crippen LogP contribution in [0.25, 0.3) is 0 Å². The Hall–Kier alpha value is -2.69. The summed E-state index contributed by atoms with van der Waals surface area (Å²) < 4.78 is 0. The van der Waals surface area contributed by atoms with Crippen molar-refractivity contribution in [2.75, 3.05) is 18.1 Å². The number of hydrogen-bond acceptors (Lipinski definition) is 2. The van der Waals surface area contributed by atoms with E-state index in [2.05, 4.69) is 81.4 Å². The van der Waals surface area contributed by atoms with E-state index in [1.54, 1.807) is 0 Å². The van der Waals surface area contributed by atoms with Crippen LogP contribution in [0.1, 0.15) is 46.5 Å². The van der Waals surface area contributed by atoms with E-state index in [-0.39, 0.29) is 12.5 Å². The van der Waals surface area contributed by atoms with Crippen LogP contribution in [0, 0.1) is 5.92 Å². The summed E-state index contributed by atoms with van der Waals surface area (Å²) in [6, 6.07) is 31.7. The highest BCUT2D eigenvalue weighted by Gasteiger charge is 2.29. The van der Waals surface area contributed by atoms with Gasteiger partial charge in [-0.3, -0.25) is 4.79 Å². The second-order valence-electron chi connectivity index (χ2n) is 9.94. The van der Waals surface area contributed by atoms with Crippen molar-refractivity contribution < 1.29 is 9.90 Å². The van der Waals surface area contributed by atoms with Crippen molar-refractivity contribution in [3.8, 4) is 0 Å². The van der Waals surface area contributed by atoms with Crippen molar-refractivity contribution in [3.05, 3.63) is 91.0 Å². The van der Waals surface area contributed by atoms with Gasteiger partial charge in [0, 0.05) is 25.3 Å². The van der Waals surface area contributed by atoms with Gasteiger partial charge < -0.3 is 10.0 Å². The Labute approximate surface area is 207 Å². The van der Waals surface area contributed by atoms with E-state index in [1.165, 1.54) is 10.4 Å². The summed E-state index contributed by atoms with van der Waals surface area (Å²) in [7, 11) is -0.715. The molecule has 1 heterocycles. The Kier molecular flexibility index (Phi) is 9.67. The molecule has 0 aliphatic carbocycles. The quantitative estimate of drug-likeness (QED) is 0.512. The molecule has 1 atom stereocenters. The molecule has 1 radical (unpaired) electrons. The van der Waals surface area contributed by atoms with Crippen LogP contribution >= 0.6 is 0 Å². The van der Waals surface area contributed by atoms with E-state index >= 15 is 0 Å². The lowest BCUT2D eigenvalue weighted by Crippen LogP contribution is -2.48. The number of anilines is 1. The summed E-state index contributed by atoms with van der Waals surface area (Å²) in [5, 5.41) is 12.3. The molecule has 1 amide bonds. The van der Waals surface area contributed by atoms with Gasteiger partial charge in [0.2, 0.25) is 5.91 Å². The van der Waals surface area contributed by atoms with Crippen LogP contribution in [-0.4, -0.2) is 33.0 Å². The van der Waals surface area contributed by atoms with Crippen LogP contribution in [0.3, 0.4) is 0 Å². The number of nitrogens with zero attached hydrogens (tertiary/aromatic N) is 1. The number of aliphatic hydroxyl groups excluding tert-OH is 1. The van der Waals surface area contributed by atoms with E-state index in [4.69, 9.17) is 5.11 Å². The summed E-state index contributed by atoms with van der Waals surface area (Å²) in [6.45, 7) is 8.04. The van der Waals surface area contributed by atoms with Gasteiger partial charge in [0.05, 0.1) is 0 Å². The first-order chi connectivity index (χ1) is 16.4. The Morgan fingerprint density at radius 2 is 1.32 bits per heavy atom. The second-order valence-corrected chi connectivity index (χ2v) is 13.3. The van der Waals surface area contributed by atoms with Crippen LogP contribution in [0.4, 0.5) is 5.69 Å². The van der Waals surface area contributed by atoms with E-state index in [0.29, 0.717) is 17.4 Å². The van der Waals surface area contributed by atoms with Crippen LogP contribution in [0.15, 0.2) is 91.0 Å². The topological polar surface area (TPSA) is 40.5 Å². The van der Waals surface area contributed by atoms with Gasteiger partial charge in [-0.25, -0.2) is 0 Å². The first-order valence-electron chi connectivity index (χ1n) is 12.3. The van der Waals surface area contributed by atoms with Crippen LogP contribution in [0.2, 0.25) is 5.04 Å². The molecule has 1 fully saturated rings. The first kappa shape index (κ1) is 25.9. The maximum absolute atomic E-state index is 12.0. The van der Waals surface area contributed by atoms with E-state index in [0.717, 1.165) is 31.5 Å². The fourth-order valence-electron chi connectivity index (χ4n) is 4.64. The molecule has 34 heavy (non-hydrogen) atoms. The monoisotopic (exact) mass is 472 g/mol. The minimum absolute atomic E-state index is 0.205. The van der Waals surface area contributed by atoms with Gasteiger partial charge in [0.1, 0.15) is 8.80 Å². The first-order valence-corrected chi connectivity index (χ1v) is 13.8. The van der Waals surface area contributed by atoms with Crippen molar-refractivity contribution in [2.24, 2.45) is 5.92 Å². The third-order valence-electron chi connectivity index (χ3n) is 6.31. The predicted molar refractivity (Wildman–Crippen MR) is 145 cm³/mol. The van der Waals surface area contributed by atoms with Gasteiger partial charge in [-0.2, -0.15) is 0 Å². The smallest absolute Gasteiger partial charge is 0.226 e. The summed E-state index contributed by atoms with van der Waals surface area (Å²) in [6.07, 6.45) is 3.30. The summed E-state index contributed by atoms with van der Waals surface area (Å²) >= 11 is 0. The predicted octanol–water partition coefficient (Wildman–Crippen LogP) is 5.30. The fourth-order valence-corrected chi connectivity index (χ4v) is 7.75. The highest BCUT2D eigenvalue weighted by Crippen LogP contribution is 2.27. The SMILES string of the molecule is CC(C)(C)[Si](c1ccccc1)c1ccccc1.O=C1CCC(CCO)CCN1c1ccccc1. The van der Waals surface area contributed by atoms with Gasteiger partial charge in [0.25, 0.3) is 0 Å². The zero-order valence-corrected chi connectivity index (χ0v) is 21.8. The molecule has 1 aliphatic heterocycles. The summed E-state index contributed by atoms with van der Waals surface area (Å²) in [5.41, 5.74) is 0.988. The molecule has 3 nitrogen and oxygen atoms in total. The number of carbonyl (C=O) groups excluding carboxylic acids is 1. The minimum atomic E-state index is -0.715. The molecule has 0 aromatic heterocycles. The molecule has 1 N–H and O–H groups in total. The van der Waals surface area contributed by atoms with Crippen LogP contribution < -0.4 is 15.3 Å². The molecule has 1 aliphatic rings. The number of benzene rings is 3. The maximum atomic E-state index is 12.0. The molecule has 0 spiro atoms. The van der Waals surface area contributed by atoms with Gasteiger partial charge in [-0.15, -0.1) is 0 Å². The Morgan fingerprint density at radius 1 is 0.824 bits per heavy atom. The average molecular weight is 473 g/mol. The number of para-hydroxylation sites is 1. The summed E-state index contributed by atoms with van der Waals surface area (Å²) in [5.74, 6) is 0.689. The van der Waals surface area contributed by atoms with Gasteiger partial charge >= 0.3 is 0 Å². The Morgan fingerprint density at radius 3 is 1.79 bits per heavy atom. The highest BCUT2D eigenvalue weighted by molar-refractivity contribution is 6.87. The lowest BCUT2D eigenvalue weighted by Gasteiger charge is -2.29. The van der Waals surface area contributed by atoms with Crippen LogP contribution in [-0.2, 0) is 4.79 Å². The van der Waals surface area contributed by atoms with E-state index in [9.17, 15) is 4.79 Å². The molecule has 0 saturated carbocycles. The fraction of sp³-hybridized carbons (Fsp3) is 0.367. The molecular formula is C30H38NO2Si. The largest absolute Gasteiger partial charge is 0.396 e. The Balaban J connectivity index is 0.000000191. The lowest BCUT2D eigenvalue weighted by molar-refractivity contribution is -0.118. The van der Waals surface area contributed by atoms with Crippen molar-refractivity contribution in [3.63, 3.8) is 0 Å².